The minimum atomic E-state index is 0.845. The Morgan fingerprint density at radius 3 is 2.77 bits per heavy atom. The number of aromatic nitrogens is 2. The zero-order valence-electron chi connectivity index (χ0n) is 7.50. The van der Waals surface area contributed by atoms with Gasteiger partial charge in [0.1, 0.15) is 0 Å². The molecule has 66 valence electrons. The van der Waals surface area contributed by atoms with Crippen molar-refractivity contribution in [2.75, 3.05) is 0 Å². The van der Waals surface area contributed by atoms with E-state index in [1.165, 1.54) is 5.56 Å². The van der Waals surface area contributed by atoms with Crippen LogP contribution in [-0.2, 0) is 0 Å². The third kappa shape index (κ3) is 1.65. The summed E-state index contributed by atoms with van der Waals surface area (Å²) in [6.07, 6.45) is 1.84. The molecule has 0 saturated heterocycles. The average Bonchev–Trinajstić information content (AvgIpc) is 2.06. The van der Waals surface area contributed by atoms with Crippen molar-refractivity contribution in [1.82, 2.24) is 9.97 Å². The summed E-state index contributed by atoms with van der Waals surface area (Å²) in [5, 5.41) is 1.15. The topological polar surface area (TPSA) is 25.8 Å². The second-order valence-electron chi connectivity index (χ2n) is 3.11. The van der Waals surface area contributed by atoms with Gasteiger partial charge in [0.05, 0.1) is 0 Å². The molecule has 0 saturated carbocycles. The van der Waals surface area contributed by atoms with Crippen molar-refractivity contribution in [3.8, 4) is 0 Å². The fourth-order valence-electron chi connectivity index (χ4n) is 1.40. The molecular formula is C10H9IN2. The Morgan fingerprint density at radius 1 is 1.23 bits per heavy atom. The van der Waals surface area contributed by atoms with Crippen molar-refractivity contribution in [2.24, 2.45) is 0 Å². The number of halogens is 1. The molecule has 0 fully saturated rings. The van der Waals surface area contributed by atoms with E-state index in [0.29, 0.717) is 0 Å². The van der Waals surface area contributed by atoms with Crippen LogP contribution in [0.1, 0.15) is 11.3 Å². The normalized spacial score (nSPS) is 10.7. The Bertz CT molecular complexity index is 466. The summed E-state index contributed by atoms with van der Waals surface area (Å²) in [5.41, 5.74) is 3.12. The van der Waals surface area contributed by atoms with Crippen LogP contribution < -0.4 is 0 Å². The van der Waals surface area contributed by atoms with Crippen LogP contribution in [-0.4, -0.2) is 9.97 Å². The maximum Gasteiger partial charge on any atom is 0.159 e. The lowest BCUT2D eigenvalue weighted by molar-refractivity contribution is 1.18. The number of nitrogens with zero attached hydrogens (tertiary/aromatic N) is 2. The Hall–Kier alpha value is -0.710. The van der Waals surface area contributed by atoms with Gasteiger partial charge in [0.25, 0.3) is 0 Å². The molecule has 3 heteroatoms. The van der Waals surface area contributed by atoms with Gasteiger partial charge in [-0.05, 0) is 54.1 Å². The average molecular weight is 284 g/mol. The third-order valence-corrected chi connectivity index (χ3v) is 2.56. The Labute approximate surface area is 90.5 Å². The summed E-state index contributed by atoms with van der Waals surface area (Å²) in [7, 11) is 0. The molecule has 2 aromatic heterocycles. The first-order valence-corrected chi connectivity index (χ1v) is 5.14. The Balaban J connectivity index is 2.87. The molecule has 0 aliphatic heterocycles. The van der Waals surface area contributed by atoms with E-state index < -0.39 is 0 Å². The largest absolute Gasteiger partial charge is 0.236 e. The standard InChI is InChI=1S/C10H9IN2/c1-6-3-7(2)13-10-9(6)4-8(11)5-12-10/h3-5H,1-2H3. The SMILES string of the molecule is Cc1cc(C)c2cc(I)cnc2n1. The zero-order valence-corrected chi connectivity index (χ0v) is 9.66. The van der Waals surface area contributed by atoms with E-state index in [4.69, 9.17) is 0 Å². The molecule has 0 spiro atoms. The van der Waals surface area contributed by atoms with Crippen LogP contribution in [0.4, 0.5) is 0 Å². The van der Waals surface area contributed by atoms with Crippen LogP contribution in [0.5, 0.6) is 0 Å². The lowest BCUT2D eigenvalue weighted by atomic mass is 10.1. The highest BCUT2D eigenvalue weighted by Gasteiger charge is 2.01. The lowest BCUT2D eigenvalue weighted by Gasteiger charge is -2.02. The molecule has 2 aromatic rings. The molecule has 0 aromatic carbocycles. The molecule has 2 nitrogen and oxygen atoms in total. The monoisotopic (exact) mass is 284 g/mol. The van der Waals surface area contributed by atoms with Gasteiger partial charge in [-0.25, -0.2) is 9.97 Å². The van der Waals surface area contributed by atoms with Gasteiger partial charge in [0.2, 0.25) is 0 Å². The minimum Gasteiger partial charge on any atom is -0.236 e. The van der Waals surface area contributed by atoms with Crippen LogP contribution in [0.15, 0.2) is 18.3 Å². The quantitative estimate of drug-likeness (QED) is 0.695. The number of aryl methyl sites for hydroxylation is 2. The number of hydrogen-bond donors (Lipinski definition) is 0. The lowest BCUT2D eigenvalue weighted by Crippen LogP contribution is -1.90. The molecule has 0 radical (unpaired) electrons. The number of hydrogen-bond acceptors (Lipinski definition) is 2. The number of rotatable bonds is 0. The van der Waals surface area contributed by atoms with E-state index in [9.17, 15) is 0 Å². The Kier molecular flexibility index (Phi) is 2.19. The molecule has 0 bridgehead atoms. The van der Waals surface area contributed by atoms with E-state index in [-0.39, 0.29) is 0 Å². The summed E-state index contributed by atoms with van der Waals surface area (Å²) >= 11 is 2.26. The molecule has 0 aliphatic carbocycles. The Morgan fingerprint density at radius 2 is 2.00 bits per heavy atom. The van der Waals surface area contributed by atoms with E-state index in [0.717, 1.165) is 20.3 Å². The molecule has 2 heterocycles. The summed E-state index contributed by atoms with van der Waals surface area (Å²) in [4.78, 5) is 8.65. The van der Waals surface area contributed by atoms with Crippen molar-refractivity contribution in [3.05, 3.63) is 33.2 Å². The van der Waals surface area contributed by atoms with Gasteiger partial charge >= 0.3 is 0 Å². The highest BCUT2D eigenvalue weighted by atomic mass is 127. The van der Waals surface area contributed by atoms with Gasteiger partial charge < -0.3 is 0 Å². The second kappa shape index (κ2) is 3.21. The van der Waals surface area contributed by atoms with Crippen LogP contribution in [0.25, 0.3) is 11.0 Å². The van der Waals surface area contributed by atoms with Gasteiger partial charge in [0, 0.05) is 20.8 Å². The van der Waals surface area contributed by atoms with E-state index >= 15 is 0 Å². The predicted molar refractivity (Wildman–Crippen MR) is 61.7 cm³/mol. The van der Waals surface area contributed by atoms with Gasteiger partial charge in [-0.2, -0.15) is 0 Å². The van der Waals surface area contributed by atoms with E-state index in [1.807, 2.05) is 13.1 Å². The van der Waals surface area contributed by atoms with Crippen molar-refractivity contribution in [2.45, 2.75) is 13.8 Å². The first kappa shape index (κ1) is 8.87. The summed E-state index contributed by atoms with van der Waals surface area (Å²) in [6.45, 7) is 4.08. The summed E-state index contributed by atoms with van der Waals surface area (Å²) in [6, 6.07) is 4.20. The molecule has 0 aliphatic rings. The number of pyridine rings is 2. The summed E-state index contributed by atoms with van der Waals surface area (Å²) < 4.78 is 1.15. The minimum absolute atomic E-state index is 0.845. The predicted octanol–water partition coefficient (Wildman–Crippen LogP) is 2.85. The number of fused-ring (bicyclic) bond motifs is 1. The van der Waals surface area contributed by atoms with E-state index in [2.05, 4.69) is 51.6 Å². The van der Waals surface area contributed by atoms with Crippen LogP contribution >= 0.6 is 22.6 Å². The van der Waals surface area contributed by atoms with Gasteiger partial charge in [-0.15, -0.1) is 0 Å². The van der Waals surface area contributed by atoms with Gasteiger partial charge in [-0.3, -0.25) is 0 Å². The van der Waals surface area contributed by atoms with Crippen molar-refractivity contribution in [3.63, 3.8) is 0 Å². The second-order valence-corrected chi connectivity index (χ2v) is 4.35. The smallest absolute Gasteiger partial charge is 0.159 e. The zero-order chi connectivity index (χ0) is 9.42. The van der Waals surface area contributed by atoms with Crippen LogP contribution in [0.3, 0.4) is 0 Å². The van der Waals surface area contributed by atoms with Crippen LogP contribution in [0, 0.1) is 17.4 Å². The molecule has 0 N–H and O–H groups in total. The molecule has 0 unspecified atom stereocenters. The van der Waals surface area contributed by atoms with Crippen molar-refractivity contribution in [1.29, 1.82) is 0 Å². The maximum absolute atomic E-state index is 4.36. The first-order valence-electron chi connectivity index (χ1n) is 4.06. The van der Waals surface area contributed by atoms with Crippen molar-refractivity contribution < 1.29 is 0 Å². The molecular weight excluding hydrogens is 275 g/mol. The molecule has 0 amide bonds. The van der Waals surface area contributed by atoms with Gasteiger partial charge in [0.15, 0.2) is 5.65 Å². The third-order valence-electron chi connectivity index (χ3n) is 1.97. The summed E-state index contributed by atoms with van der Waals surface area (Å²) in [5.74, 6) is 0. The fourth-order valence-corrected chi connectivity index (χ4v) is 1.85. The highest BCUT2D eigenvalue weighted by molar-refractivity contribution is 14.1. The molecule has 2 rings (SSSR count). The highest BCUT2D eigenvalue weighted by Crippen LogP contribution is 2.17. The van der Waals surface area contributed by atoms with Crippen LogP contribution in [0.2, 0.25) is 0 Å². The fraction of sp³-hybridized carbons (Fsp3) is 0.200. The molecule has 13 heavy (non-hydrogen) atoms. The molecule has 0 atom stereocenters. The maximum atomic E-state index is 4.36. The van der Waals surface area contributed by atoms with Gasteiger partial charge in [-0.1, -0.05) is 0 Å². The first-order chi connectivity index (χ1) is 6.16. The van der Waals surface area contributed by atoms with E-state index in [1.54, 1.807) is 0 Å². The van der Waals surface area contributed by atoms with Crippen molar-refractivity contribution >= 4 is 33.6 Å².